The maximum Gasteiger partial charge on any atom is 0.231 e. The van der Waals surface area contributed by atoms with Crippen LogP contribution in [0.25, 0.3) is 10.9 Å². The predicted octanol–water partition coefficient (Wildman–Crippen LogP) is 2.83. The van der Waals surface area contributed by atoms with Crippen LogP contribution in [0, 0.1) is 0 Å². The molecule has 31 heavy (non-hydrogen) atoms. The number of aromatic amines is 1. The molecule has 2 aliphatic heterocycles. The van der Waals surface area contributed by atoms with Crippen molar-refractivity contribution in [3.63, 3.8) is 0 Å². The third-order valence-corrected chi connectivity index (χ3v) is 6.08. The van der Waals surface area contributed by atoms with Gasteiger partial charge >= 0.3 is 0 Å². The first-order valence-corrected chi connectivity index (χ1v) is 10.9. The minimum atomic E-state index is 0.323. The summed E-state index contributed by atoms with van der Waals surface area (Å²) in [6, 6.07) is 14.7. The van der Waals surface area contributed by atoms with E-state index in [2.05, 4.69) is 67.7 Å². The summed E-state index contributed by atoms with van der Waals surface area (Å²) in [6.45, 7) is 6.08. The molecular weight excluding hydrogens is 390 g/mol. The van der Waals surface area contributed by atoms with Crippen LogP contribution in [0.3, 0.4) is 0 Å². The molecule has 0 atom stereocenters. The Morgan fingerprint density at radius 1 is 1.06 bits per heavy atom. The molecule has 3 aromatic rings. The molecular formula is C24H29N5O2. The summed E-state index contributed by atoms with van der Waals surface area (Å²) in [4.78, 5) is 12.7. The highest BCUT2D eigenvalue weighted by Crippen LogP contribution is 2.32. The van der Waals surface area contributed by atoms with Crippen molar-refractivity contribution in [1.29, 1.82) is 0 Å². The number of piperazine rings is 1. The average molecular weight is 420 g/mol. The number of nitrogens with one attached hydrogen (secondary N) is 2. The lowest BCUT2D eigenvalue weighted by Gasteiger charge is -2.36. The van der Waals surface area contributed by atoms with E-state index in [4.69, 9.17) is 9.47 Å². The van der Waals surface area contributed by atoms with E-state index >= 15 is 0 Å². The van der Waals surface area contributed by atoms with Gasteiger partial charge in [-0.3, -0.25) is 9.89 Å². The Kier molecular flexibility index (Phi) is 5.67. The number of fused-ring (bicyclic) bond motifs is 2. The molecule has 0 amide bonds. The Morgan fingerprint density at radius 2 is 1.90 bits per heavy atom. The van der Waals surface area contributed by atoms with Crippen molar-refractivity contribution in [2.75, 3.05) is 46.6 Å². The number of guanidine groups is 1. The van der Waals surface area contributed by atoms with E-state index in [0.29, 0.717) is 6.79 Å². The molecule has 7 nitrogen and oxygen atoms in total. The average Bonchev–Trinajstić information content (AvgIpc) is 3.44. The molecule has 3 heterocycles. The summed E-state index contributed by atoms with van der Waals surface area (Å²) in [5, 5.41) is 4.85. The molecule has 2 aliphatic rings. The summed E-state index contributed by atoms with van der Waals surface area (Å²) in [5.74, 6) is 2.69. The number of hydrogen-bond donors (Lipinski definition) is 2. The molecule has 7 heteroatoms. The summed E-state index contributed by atoms with van der Waals surface area (Å²) in [5.41, 5.74) is 3.80. The fraction of sp³-hybridized carbons (Fsp3) is 0.375. The van der Waals surface area contributed by atoms with Gasteiger partial charge in [0.05, 0.1) is 0 Å². The summed E-state index contributed by atoms with van der Waals surface area (Å²) < 4.78 is 10.9. The van der Waals surface area contributed by atoms with Crippen LogP contribution in [0.15, 0.2) is 53.7 Å². The molecule has 5 rings (SSSR count). The van der Waals surface area contributed by atoms with Gasteiger partial charge in [0.1, 0.15) is 0 Å². The van der Waals surface area contributed by atoms with Crippen LogP contribution in [0.5, 0.6) is 11.5 Å². The monoisotopic (exact) mass is 419 g/mol. The van der Waals surface area contributed by atoms with Crippen LogP contribution >= 0.6 is 0 Å². The second kappa shape index (κ2) is 8.89. The molecule has 0 unspecified atom stereocenters. The maximum atomic E-state index is 5.50. The molecule has 0 aliphatic carbocycles. The number of aromatic nitrogens is 1. The first-order chi connectivity index (χ1) is 15.3. The number of ether oxygens (including phenoxy) is 2. The van der Waals surface area contributed by atoms with E-state index in [9.17, 15) is 0 Å². The molecule has 1 fully saturated rings. The standard InChI is InChI=1S/C24H29N5O2/c1-25-24(26-9-8-19-15-27-21-5-3-2-4-20(19)21)29-12-10-28(11-13-29)16-18-6-7-22-23(14-18)31-17-30-22/h2-7,14-15,27H,8-13,16-17H2,1H3,(H,25,26). The van der Waals surface area contributed by atoms with Crippen LogP contribution in [-0.2, 0) is 13.0 Å². The van der Waals surface area contributed by atoms with E-state index in [1.54, 1.807) is 0 Å². The summed E-state index contributed by atoms with van der Waals surface area (Å²) in [6.07, 6.45) is 3.08. The van der Waals surface area contributed by atoms with E-state index < -0.39 is 0 Å². The Hall–Kier alpha value is -3.19. The molecule has 0 spiro atoms. The van der Waals surface area contributed by atoms with Gasteiger partial charge in [-0.25, -0.2) is 0 Å². The zero-order chi connectivity index (χ0) is 21.0. The minimum Gasteiger partial charge on any atom is -0.454 e. The number of nitrogens with zero attached hydrogens (tertiary/aromatic N) is 3. The van der Waals surface area contributed by atoms with Gasteiger partial charge in [0.15, 0.2) is 17.5 Å². The molecule has 1 saturated heterocycles. The first-order valence-electron chi connectivity index (χ1n) is 10.9. The number of rotatable bonds is 5. The number of hydrogen-bond acceptors (Lipinski definition) is 4. The summed E-state index contributed by atoms with van der Waals surface area (Å²) >= 11 is 0. The Labute approximate surface area is 182 Å². The van der Waals surface area contributed by atoms with Gasteiger partial charge in [0, 0.05) is 63.4 Å². The van der Waals surface area contributed by atoms with E-state index in [0.717, 1.165) is 63.1 Å². The van der Waals surface area contributed by atoms with Crippen molar-refractivity contribution in [1.82, 2.24) is 20.1 Å². The quantitative estimate of drug-likeness (QED) is 0.492. The number of benzene rings is 2. The molecule has 162 valence electrons. The smallest absolute Gasteiger partial charge is 0.231 e. The van der Waals surface area contributed by atoms with Gasteiger partial charge in [-0.15, -0.1) is 0 Å². The summed E-state index contributed by atoms with van der Waals surface area (Å²) in [7, 11) is 1.87. The Bertz CT molecular complexity index is 1070. The molecule has 1 aromatic heterocycles. The fourth-order valence-corrected chi connectivity index (χ4v) is 4.39. The van der Waals surface area contributed by atoms with E-state index in [1.165, 1.54) is 22.0 Å². The lowest BCUT2D eigenvalue weighted by molar-refractivity contribution is 0.171. The number of para-hydroxylation sites is 1. The van der Waals surface area contributed by atoms with Crippen LogP contribution in [0.4, 0.5) is 0 Å². The molecule has 0 saturated carbocycles. The van der Waals surface area contributed by atoms with Gasteiger partial charge in [0.2, 0.25) is 6.79 Å². The van der Waals surface area contributed by atoms with Crippen molar-refractivity contribution < 1.29 is 9.47 Å². The van der Waals surface area contributed by atoms with Gasteiger partial charge in [-0.2, -0.15) is 0 Å². The van der Waals surface area contributed by atoms with Gasteiger partial charge in [0.25, 0.3) is 0 Å². The third-order valence-electron chi connectivity index (χ3n) is 6.08. The second-order valence-electron chi connectivity index (χ2n) is 8.03. The topological polar surface area (TPSA) is 65.1 Å². The molecule has 0 bridgehead atoms. The Morgan fingerprint density at radius 3 is 2.77 bits per heavy atom. The van der Waals surface area contributed by atoms with Crippen molar-refractivity contribution in [3.05, 3.63) is 59.8 Å². The third kappa shape index (κ3) is 4.32. The zero-order valence-corrected chi connectivity index (χ0v) is 17.9. The van der Waals surface area contributed by atoms with Crippen LogP contribution in [-0.4, -0.2) is 67.3 Å². The largest absolute Gasteiger partial charge is 0.454 e. The van der Waals surface area contributed by atoms with Gasteiger partial charge < -0.3 is 24.7 Å². The van der Waals surface area contributed by atoms with Gasteiger partial charge in [-0.05, 0) is 35.7 Å². The van der Waals surface area contributed by atoms with Gasteiger partial charge in [-0.1, -0.05) is 24.3 Å². The predicted molar refractivity (Wildman–Crippen MR) is 123 cm³/mol. The lowest BCUT2D eigenvalue weighted by Crippen LogP contribution is -2.52. The van der Waals surface area contributed by atoms with Crippen molar-refractivity contribution >= 4 is 16.9 Å². The first kappa shape index (κ1) is 19.8. The lowest BCUT2D eigenvalue weighted by atomic mass is 10.1. The van der Waals surface area contributed by atoms with Crippen LogP contribution in [0.1, 0.15) is 11.1 Å². The maximum absolute atomic E-state index is 5.50. The molecule has 2 aromatic carbocycles. The molecule has 2 N–H and O–H groups in total. The number of H-pyrrole nitrogens is 1. The van der Waals surface area contributed by atoms with Crippen molar-refractivity contribution in [2.45, 2.75) is 13.0 Å². The Balaban J connectivity index is 1.10. The highest BCUT2D eigenvalue weighted by atomic mass is 16.7. The van der Waals surface area contributed by atoms with Crippen LogP contribution < -0.4 is 14.8 Å². The van der Waals surface area contributed by atoms with E-state index in [-0.39, 0.29) is 0 Å². The normalized spacial score (nSPS) is 16.8. The van der Waals surface area contributed by atoms with Crippen molar-refractivity contribution in [3.8, 4) is 11.5 Å². The highest BCUT2D eigenvalue weighted by molar-refractivity contribution is 5.83. The molecule has 0 radical (unpaired) electrons. The van der Waals surface area contributed by atoms with Crippen molar-refractivity contribution in [2.24, 2.45) is 4.99 Å². The highest BCUT2D eigenvalue weighted by Gasteiger charge is 2.21. The number of aliphatic imine (C=N–C) groups is 1. The van der Waals surface area contributed by atoms with Crippen LogP contribution in [0.2, 0.25) is 0 Å². The zero-order valence-electron chi connectivity index (χ0n) is 17.9. The fourth-order valence-electron chi connectivity index (χ4n) is 4.39. The minimum absolute atomic E-state index is 0.323. The SMILES string of the molecule is CN=C(NCCc1c[nH]c2ccccc12)N1CCN(Cc2ccc3c(c2)OCO3)CC1. The second-order valence-corrected chi connectivity index (χ2v) is 8.03. The van der Waals surface area contributed by atoms with E-state index in [1.807, 2.05) is 13.1 Å².